The predicted molar refractivity (Wildman–Crippen MR) is 361 cm³/mol. The number of aromatic nitrogens is 4. The van der Waals surface area contributed by atoms with Crippen LogP contribution >= 0.6 is 0 Å². The lowest BCUT2D eigenvalue weighted by atomic mass is 10.00. The number of benzene rings is 12. The van der Waals surface area contributed by atoms with Crippen molar-refractivity contribution in [3.63, 3.8) is 0 Å². The molecule has 4 heterocycles. The highest BCUT2D eigenvalue weighted by Gasteiger charge is 2.60. The van der Waals surface area contributed by atoms with E-state index in [-0.39, 0.29) is 0 Å². The normalized spacial score (nSPS) is 12.2. The molecule has 14 aromatic rings. The first-order valence-corrected chi connectivity index (χ1v) is 31.5. The molecule has 1 spiro atoms. The highest BCUT2D eigenvalue weighted by Crippen LogP contribution is 2.48. The zero-order valence-corrected chi connectivity index (χ0v) is 48.4. The molecule has 87 heavy (non-hydrogen) atoms. The molecule has 16 rings (SSSR count). The maximum absolute atomic E-state index is 5.75. The second-order valence-electron chi connectivity index (χ2n) is 22.0. The van der Waals surface area contributed by atoms with Gasteiger partial charge in [-0.3, -0.25) is 0 Å². The van der Waals surface area contributed by atoms with E-state index in [1.54, 1.807) is 0 Å². The number of anilines is 6. The fraction of sp³-hybridized carbons (Fsp3) is 0. The van der Waals surface area contributed by atoms with Crippen molar-refractivity contribution >= 4 is 62.9 Å². The van der Waals surface area contributed by atoms with Crippen LogP contribution in [0.25, 0.3) is 90.1 Å². The summed E-state index contributed by atoms with van der Waals surface area (Å²) in [4.78, 5) is 28.0. The first-order chi connectivity index (χ1) is 43.2. The van der Waals surface area contributed by atoms with Gasteiger partial charge in [-0.1, -0.05) is 255 Å². The van der Waals surface area contributed by atoms with E-state index in [0.29, 0.717) is 11.6 Å². The summed E-state index contributed by atoms with van der Waals surface area (Å²) in [6.07, 6.45) is 0. The average Bonchev–Trinajstić information content (AvgIpc) is 1.51. The molecule has 12 aromatic carbocycles. The topological polar surface area (TPSA) is 58.0 Å². The van der Waals surface area contributed by atoms with E-state index in [9.17, 15) is 0 Å². The summed E-state index contributed by atoms with van der Waals surface area (Å²) in [5.74, 6) is 1.30. The summed E-state index contributed by atoms with van der Waals surface area (Å²) in [5.41, 5.74) is 20.3. The zero-order valence-electron chi connectivity index (χ0n) is 47.4. The lowest BCUT2D eigenvalue weighted by molar-refractivity contribution is 1.19. The second-order valence-corrected chi connectivity index (χ2v) is 25.5. The number of hydrogen-bond acceptors (Lipinski definition) is 6. The highest BCUT2D eigenvalue weighted by atomic mass is 28.3. The van der Waals surface area contributed by atoms with Crippen molar-refractivity contribution in [3.05, 3.63) is 328 Å². The number of para-hydroxylation sites is 4. The lowest BCUT2D eigenvalue weighted by Crippen LogP contribution is -2.72. The molecule has 2 aliphatic rings. The minimum Gasteiger partial charge on any atom is -0.311 e. The third-order valence-electron chi connectivity index (χ3n) is 17.0. The molecule has 0 bridgehead atoms. The van der Waals surface area contributed by atoms with Crippen molar-refractivity contribution in [1.82, 2.24) is 19.9 Å². The van der Waals surface area contributed by atoms with Gasteiger partial charge in [0.15, 0.2) is 19.7 Å². The van der Waals surface area contributed by atoms with E-state index in [0.717, 1.165) is 101 Å². The Kier molecular flexibility index (Phi) is 12.8. The summed E-state index contributed by atoms with van der Waals surface area (Å²) in [6.45, 7) is 0. The minimum atomic E-state index is -3.98. The van der Waals surface area contributed by atoms with Crippen LogP contribution in [0.4, 0.5) is 34.1 Å². The molecule has 0 radical (unpaired) electrons. The molecule has 6 nitrogen and oxygen atoms in total. The molecular weight excluding hydrogens is 1070 g/mol. The maximum Gasteiger partial charge on any atom is 0.188 e. The molecule has 2 aliphatic heterocycles. The van der Waals surface area contributed by atoms with Gasteiger partial charge in [0.05, 0.1) is 22.8 Å². The van der Waals surface area contributed by atoms with Crippen molar-refractivity contribution in [3.8, 4) is 90.1 Å². The van der Waals surface area contributed by atoms with Crippen molar-refractivity contribution in [2.24, 2.45) is 0 Å². The molecule has 0 aliphatic carbocycles. The molecule has 0 N–H and O–H groups in total. The molecule has 0 atom stereocenters. The van der Waals surface area contributed by atoms with Crippen LogP contribution in [-0.4, -0.2) is 28.0 Å². The summed E-state index contributed by atoms with van der Waals surface area (Å²) >= 11 is 0. The van der Waals surface area contributed by atoms with Crippen LogP contribution in [0.1, 0.15) is 0 Å². The molecule has 0 fully saturated rings. The predicted octanol–water partition coefficient (Wildman–Crippen LogP) is 17.5. The Morgan fingerprint density at radius 2 is 0.437 bits per heavy atom. The Labute approximate surface area is 507 Å². The van der Waals surface area contributed by atoms with Gasteiger partial charge in [0.1, 0.15) is 0 Å². The Balaban J connectivity index is 1.11. The number of hydrogen-bond donors (Lipinski definition) is 0. The van der Waals surface area contributed by atoms with Gasteiger partial charge in [0.25, 0.3) is 0 Å². The molecule has 7 heteroatoms. The summed E-state index contributed by atoms with van der Waals surface area (Å²) in [6, 6.07) is 117. The molecule has 0 amide bonds. The van der Waals surface area contributed by atoms with E-state index < -0.39 is 8.07 Å². The van der Waals surface area contributed by atoms with Gasteiger partial charge >= 0.3 is 0 Å². The quantitative estimate of drug-likeness (QED) is 0.114. The summed E-state index contributed by atoms with van der Waals surface area (Å²) < 4.78 is 0. The Morgan fingerprint density at radius 1 is 0.207 bits per heavy atom. The molecule has 2 aromatic heterocycles. The van der Waals surface area contributed by atoms with Crippen LogP contribution in [0.3, 0.4) is 0 Å². The van der Waals surface area contributed by atoms with Crippen LogP contribution < -0.4 is 30.5 Å². The third kappa shape index (κ3) is 8.70. The van der Waals surface area contributed by atoms with Gasteiger partial charge in [-0.05, 0) is 116 Å². The standard InChI is InChI=1S/C80H54N6Si/c1-9-29-55(30-10-1)69-53-70(56-31-11-2-12-32-56)82-79(81-69)67-49-25-45-63-64-46-26-50-68(80-83-71(57-33-13-3-14-34-57)54-72(84-80)58-35-15-4-16-36-58)76(64)87(75(63)67)77-65(47-27-51-73(77)85(59-37-17-5-18-38-59)60-39-19-6-20-40-60)66-48-28-52-74(78(66)87)86(61-41-21-7-22-42-61)62-43-23-8-24-44-62/h1-54H. The monoisotopic (exact) mass is 1130 g/mol. The van der Waals surface area contributed by atoms with E-state index in [1.165, 1.54) is 31.9 Å². The minimum absolute atomic E-state index is 0.651. The van der Waals surface area contributed by atoms with Crippen molar-refractivity contribution < 1.29 is 0 Å². The largest absolute Gasteiger partial charge is 0.311 e. The van der Waals surface area contributed by atoms with Gasteiger partial charge in [-0.15, -0.1) is 0 Å². The van der Waals surface area contributed by atoms with Gasteiger partial charge in [-0.2, -0.15) is 0 Å². The Morgan fingerprint density at radius 3 is 0.713 bits per heavy atom. The summed E-state index contributed by atoms with van der Waals surface area (Å²) in [7, 11) is -3.98. The molecule has 0 saturated heterocycles. The first kappa shape index (κ1) is 51.3. The summed E-state index contributed by atoms with van der Waals surface area (Å²) in [5, 5.41) is 4.93. The van der Waals surface area contributed by atoms with Crippen molar-refractivity contribution in [2.45, 2.75) is 0 Å². The van der Waals surface area contributed by atoms with Gasteiger partial charge in [0, 0.05) is 67.5 Å². The van der Waals surface area contributed by atoms with Crippen LogP contribution in [0.2, 0.25) is 0 Å². The van der Waals surface area contributed by atoms with E-state index >= 15 is 0 Å². The average molecular weight is 1130 g/mol. The first-order valence-electron chi connectivity index (χ1n) is 29.5. The smallest absolute Gasteiger partial charge is 0.188 e. The van der Waals surface area contributed by atoms with Crippen LogP contribution in [0.5, 0.6) is 0 Å². The Bertz CT molecular complexity index is 4340. The van der Waals surface area contributed by atoms with E-state index in [1.807, 2.05) is 0 Å². The molecule has 408 valence electrons. The second kappa shape index (κ2) is 21.7. The van der Waals surface area contributed by atoms with E-state index in [2.05, 4.69) is 337 Å². The zero-order chi connectivity index (χ0) is 57.7. The van der Waals surface area contributed by atoms with Crippen molar-refractivity contribution in [2.75, 3.05) is 9.80 Å². The number of rotatable bonds is 12. The van der Waals surface area contributed by atoms with Crippen molar-refractivity contribution in [1.29, 1.82) is 0 Å². The maximum atomic E-state index is 5.75. The molecule has 0 saturated carbocycles. The lowest BCUT2D eigenvalue weighted by Gasteiger charge is -2.38. The fourth-order valence-electron chi connectivity index (χ4n) is 13.5. The SMILES string of the molecule is c1ccc(-c2cc(-c3ccccc3)nc(-c3cccc4c3[Si]3(c5c(-c6nc(-c7ccccc7)cc(-c7ccccc7)n6)cccc5-4)c4c(cccc4N(c4ccccc4)c4ccccc4)-c4cccc(N(c5ccccc5)c5ccccc5)c43)n2)cc1. The van der Waals surface area contributed by atoms with E-state index in [4.69, 9.17) is 19.9 Å². The van der Waals surface area contributed by atoms with Crippen LogP contribution in [0, 0.1) is 0 Å². The van der Waals surface area contributed by atoms with Crippen LogP contribution in [-0.2, 0) is 0 Å². The molecule has 0 unspecified atom stereocenters. The Hall–Kier alpha value is -11.4. The number of nitrogens with zero attached hydrogens (tertiary/aromatic N) is 6. The molecular formula is C80H54N6Si. The highest BCUT2D eigenvalue weighted by molar-refractivity contribution is 7.26. The van der Waals surface area contributed by atoms with Gasteiger partial charge in [0.2, 0.25) is 0 Å². The third-order valence-corrected chi connectivity index (χ3v) is 22.2. The van der Waals surface area contributed by atoms with Crippen LogP contribution in [0.15, 0.2) is 328 Å². The fourth-order valence-corrected chi connectivity index (χ4v) is 19.8. The van der Waals surface area contributed by atoms with Gasteiger partial charge in [-0.25, -0.2) is 19.9 Å². The van der Waals surface area contributed by atoms with Gasteiger partial charge < -0.3 is 9.80 Å². The number of fused-ring (bicyclic) bond motifs is 10.